The van der Waals surface area contributed by atoms with Crippen LogP contribution in [0.3, 0.4) is 0 Å². The van der Waals surface area contributed by atoms with Gasteiger partial charge in [-0.25, -0.2) is 0 Å². The fourth-order valence-corrected chi connectivity index (χ4v) is 3.56. The van der Waals surface area contributed by atoms with E-state index < -0.39 is 6.10 Å². The predicted octanol–water partition coefficient (Wildman–Crippen LogP) is 6.09. The molecule has 0 saturated heterocycles. The van der Waals surface area contributed by atoms with Crippen LogP contribution < -0.4 is 0 Å². The van der Waals surface area contributed by atoms with Crippen LogP contribution in [0.2, 0.25) is 5.02 Å². The third-order valence-electron chi connectivity index (χ3n) is 4.53. The first-order valence-corrected chi connectivity index (χ1v) is 8.83. The maximum atomic E-state index is 12.5. The maximum Gasteiger partial charge on any atom is 0.311 e. The molecule has 1 aromatic heterocycles. The van der Waals surface area contributed by atoms with E-state index in [1.165, 1.54) is 0 Å². The SMILES string of the molecule is C[C@@H](OC(=O)Cc1coc2ccc3ccccc3c12)c1ccccc1Cl. The van der Waals surface area contributed by atoms with Crippen LogP contribution in [0, 0.1) is 0 Å². The topological polar surface area (TPSA) is 39.4 Å². The molecule has 4 heteroatoms. The first-order valence-electron chi connectivity index (χ1n) is 8.45. The Balaban J connectivity index is 1.60. The minimum Gasteiger partial charge on any atom is -0.464 e. The van der Waals surface area contributed by atoms with Crippen LogP contribution in [-0.4, -0.2) is 5.97 Å². The Morgan fingerprint density at radius 2 is 1.85 bits per heavy atom. The number of carbonyl (C=O) groups excluding carboxylic acids is 1. The van der Waals surface area contributed by atoms with Gasteiger partial charge in [0.15, 0.2) is 0 Å². The molecule has 130 valence electrons. The van der Waals surface area contributed by atoms with Gasteiger partial charge in [0, 0.05) is 21.5 Å². The molecular formula is C22H17ClO3. The molecule has 0 radical (unpaired) electrons. The summed E-state index contributed by atoms with van der Waals surface area (Å²) in [6.45, 7) is 1.82. The fraction of sp³-hybridized carbons (Fsp3) is 0.136. The van der Waals surface area contributed by atoms with Crippen LogP contribution >= 0.6 is 11.6 Å². The lowest BCUT2D eigenvalue weighted by atomic mass is 10.0. The van der Waals surface area contributed by atoms with E-state index in [-0.39, 0.29) is 12.4 Å². The summed E-state index contributed by atoms with van der Waals surface area (Å²) in [5.74, 6) is -0.312. The quantitative estimate of drug-likeness (QED) is 0.411. The van der Waals surface area contributed by atoms with Gasteiger partial charge in [-0.3, -0.25) is 4.79 Å². The first-order chi connectivity index (χ1) is 12.6. The van der Waals surface area contributed by atoms with E-state index >= 15 is 0 Å². The van der Waals surface area contributed by atoms with Crippen molar-refractivity contribution in [3.63, 3.8) is 0 Å². The van der Waals surface area contributed by atoms with Crippen LogP contribution in [0.15, 0.2) is 71.3 Å². The molecule has 3 nitrogen and oxygen atoms in total. The van der Waals surface area contributed by atoms with E-state index in [4.69, 9.17) is 20.8 Å². The lowest BCUT2D eigenvalue weighted by Gasteiger charge is -2.14. The monoisotopic (exact) mass is 364 g/mol. The third kappa shape index (κ3) is 3.06. The van der Waals surface area contributed by atoms with Gasteiger partial charge in [-0.05, 0) is 29.8 Å². The second-order valence-electron chi connectivity index (χ2n) is 6.25. The van der Waals surface area contributed by atoms with Crippen LogP contribution in [-0.2, 0) is 16.0 Å². The fourth-order valence-electron chi connectivity index (χ4n) is 3.27. The molecule has 0 spiro atoms. The normalized spacial score (nSPS) is 12.4. The highest BCUT2D eigenvalue weighted by atomic mass is 35.5. The maximum absolute atomic E-state index is 12.5. The molecule has 1 heterocycles. The molecule has 0 aliphatic heterocycles. The molecule has 1 atom stereocenters. The van der Waals surface area contributed by atoms with Crippen molar-refractivity contribution in [1.29, 1.82) is 0 Å². The summed E-state index contributed by atoms with van der Waals surface area (Å²) in [7, 11) is 0. The number of rotatable bonds is 4. The number of hydrogen-bond donors (Lipinski definition) is 0. The van der Waals surface area contributed by atoms with Gasteiger partial charge >= 0.3 is 5.97 Å². The third-order valence-corrected chi connectivity index (χ3v) is 4.87. The minimum atomic E-state index is -0.411. The molecule has 0 bridgehead atoms. The average molecular weight is 365 g/mol. The summed E-state index contributed by atoms with van der Waals surface area (Å²) in [4.78, 5) is 12.5. The van der Waals surface area contributed by atoms with Crippen LogP contribution in [0.1, 0.15) is 24.2 Å². The number of carbonyl (C=O) groups is 1. The summed E-state index contributed by atoms with van der Waals surface area (Å²) < 4.78 is 11.2. The Morgan fingerprint density at radius 3 is 2.69 bits per heavy atom. The highest BCUT2D eigenvalue weighted by Gasteiger charge is 2.18. The number of esters is 1. The largest absolute Gasteiger partial charge is 0.464 e. The Labute approximate surface area is 156 Å². The molecule has 0 saturated carbocycles. The summed E-state index contributed by atoms with van der Waals surface area (Å²) in [5.41, 5.74) is 2.39. The average Bonchev–Trinajstić information content (AvgIpc) is 3.05. The smallest absolute Gasteiger partial charge is 0.311 e. The molecule has 4 aromatic rings. The molecule has 0 amide bonds. The zero-order valence-electron chi connectivity index (χ0n) is 14.2. The van der Waals surface area contributed by atoms with Crippen molar-refractivity contribution in [3.05, 3.63) is 83.1 Å². The van der Waals surface area contributed by atoms with E-state index in [9.17, 15) is 4.79 Å². The van der Waals surface area contributed by atoms with E-state index in [1.54, 1.807) is 12.3 Å². The van der Waals surface area contributed by atoms with Crippen molar-refractivity contribution >= 4 is 39.3 Å². The molecule has 0 fully saturated rings. The lowest BCUT2D eigenvalue weighted by molar-refractivity contribution is -0.147. The molecule has 26 heavy (non-hydrogen) atoms. The summed E-state index contributed by atoms with van der Waals surface area (Å²) in [6.07, 6.45) is 1.38. The Kier molecular flexibility index (Phi) is 4.39. The van der Waals surface area contributed by atoms with Gasteiger partial charge in [0.25, 0.3) is 0 Å². The lowest BCUT2D eigenvalue weighted by Crippen LogP contribution is -2.11. The van der Waals surface area contributed by atoms with Gasteiger partial charge < -0.3 is 9.15 Å². The molecule has 0 aliphatic carbocycles. The summed E-state index contributed by atoms with van der Waals surface area (Å²) in [6, 6.07) is 19.4. The van der Waals surface area contributed by atoms with Gasteiger partial charge in [0.1, 0.15) is 11.7 Å². The summed E-state index contributed by atoms with van der Waals surface area (Å²) >= 11 is 6.18. The number of hydrogen-bond acceptors (Lipinski definition) is 3. The van der Waals surface area contributed by atoms with Crippen LogP contribution in [0.4, 0.5) is 0 Å². The van der Waals surface area contributed by atoms with Gasteiger partial charge in [-0.15, -0.1) is 0 Å². The predicted molar refractivity (Wildman–Crippen MR) is 103 cm³/mol. The summed E-state index contributed by atoms with van der Waals surface area (Å²) in [5, 5.41) is 3.74. The highest BCUT2D eigenvalue weighted by Crippen LogP contribution is 2.31. The number of fused-ring (bicyclic) bond motifs is 3. The van der Waals surface area contributed by atoms with Gasteiger partial charge in [0.05, 0.1) is 12.7 Å². The zero-order valence-corrected chi connectivity index (χ0v) is 15.0. The van der Waals surface area contributed by atoms with Crippen molar-refractivity contribution in [2.24, 2.45) is 0 Å². The number of halogens is 1. The van der Waals surface area contributed by atoms with Gasteiger partial charge in [-0.2, -0.15) is 0 Å². The minimum absolute atomic E-state index is 0.149. The first kappa shape index (κ1) is 16.7. The van der Waals surface area contributed by atoms with E-state index in [0.717, 1.165) is 32.9 Å². The highest BCUT2D eigenvalue weighted by molar-refractivity contribution is 6.31. The number of ether oxygens (including phenoxy) is 1. The number of benzene rings is 3. The standard InChI is InChI=1S/C22H17ClO3/c1-14(17-7-4-5-9-19(17)23)26-21(24)12-16-13-25-20-11-10-15-6-2-3-8-18(15)22(16)20/h2-11,13-14H,12H2,1H3/t14-/m1/s1. The van der Waals surface area contributed by atoms with Crippen LogP contribution in [0.25, 0.3) is 21.7 Å². The van der Waals surface area contributed by atoms with Crippen molar-refractivity contribution in [2.75, 3.05) is 0 Å². The van der Waals surface area contributed by atoms with E-state index in [1.807, 2.05) is 61.5 Å². The second-order valence-corrected chi connectivity index (χ2v) is 6.66. The van der Waals surface area contributed by atoms with Crippen molar-refractivity contribution in [1.82, 2.24) is 0 Å². The van der Waals surface area contributed by atoms with Crippen molar-refractivity contribution in [3.8, 4) is 0 Å². The molecule has 4 rings (SSSR count). The Morgan fingerprint density at radius 1 is 1.08 bits per heavy atom. The van der Waals surface area contributed by atoms with Crippen molar-refractivity contribution < 1.29 is 13.9 Å². The molecule has 3 aromatic carbocycles. The van der Waals surface area contributed by atoms with E-state index in [2.05, 4.69) is 0 Å². The second kappa shape index (κ2) is 6.85. The zero-order chi connectivity index (χ0) is 18.1. The van der Waals surface area contributed by atoms with Gasteiger partial charge in [0.2, 0.25) is 0 Å². The number of furan rings is 1. The van der Waals surface area contributed by atoms with Gasteiger partial charge in [-0.1, -0.05) is 60.1 Å². The van der Waals surface area contributed by atoms with Crippen LogP contribution in [0.5, 0.6) is 0 Å². The Bertz CT molecular complexity index is 1100. The molecule has 0 unspecified atom stereocenters. The van der Waals surface area contributed by atoms with E-state index in [0.29, 0.717) is 5.02 Å². The van der Waals surface area contributed by atoms with Crippen molar-refractivity contribution in [2.45, 2.75) is 19.4 Å². The molecular weight excluding hydrogens is 348 g/mol. The Hall–Kier alpha value is -2.78. The molecule has 0 aliphatic rings. The molecule has 0 N–H and O–H groups in total.